The van der Waals surface area contributed by atoms with Crippen LogP contribution in [0, 0.1) is 5.92 Å². The van der Waals surface area contributed by atoms with Gasteiger partial charge in [-0.3, -0.25) is 19.6 Å². The molecule has 0 spiro atoms. The molecular formula is C25H27N3O5. The maximum atomic E-state index is 13.0. The smallest absolute Gasteiger partial charge is 0.306 e. The van der Waals surface area contributed by atoms with Crippen LogP contribution in [0.15, 0.2) is 54.9 Å². The van der Waals surface area contributed by atoms with E-state index >= 15 is 0 Å². The Balaban J connectivity index is 1.79. The summed E-state index contributed by atoms with van der Waals surface area (Å²) in [6.07, 6.45) is 4.08. The lowest BCUT2D eigenvalue weighted by atomic mass is 9.95. The van der Waals surface area contributed by atoms with Crippen LogP contribution in [-0.2, 0) is 17.8 Å². The van der Waals surface area contributed by atoms with E-state index in [9.17, 15) is 14.7 Å². The normalized spacial score (nSPS) is 11.5. The van der Waals surface area contributed by atoms with Crippen molar-refractivity contribution in [3.05, 3.63) is 71.7 Å². The molecule has 0 fully saturated rings. The van der Waals surface area contributed by atoms with Gasteiger partial charge in [0.2, 0.25) is 0 Å². The molecule has 1 unspecified atom stereocenters. The number of hydrogen-bond donors (Lipinski definition) is 2. The van der Waals surface area contributed by atoms with E-state index in [1.54, 1.807) is 56.9 Å². The number of methoxy groups -OCH3 is 2. The predicted octanol–water partition coefficient (Wildman–Crippen LogP) is 3.74. The zero-order valence-electron chi connectivity index (χ0n) is 18.9. The maximum Gasteiger partial charge on any atom is 0.306 e. The molecule has 0 radical (unpaired) electrons. The molecule has 0 aliphatic rings. The Morgan fingerprint density at radius 1 is 1.09 bits per heavy atom. The molecule has 8 heteroatoms. The Bertz CT molecular complexity index is 1120. The van der Waals surface area contributed by atoms with Crippen LogP contribution in [-0.4, -0.2) is 41.2 Å². The van der Waals surface area contributed by atoms with Gasteiger partial charge in [0, 0.05) is 23.9 Å². The number of hydrogen-bond acceptors (Lipinski definition) is 6. The Morgan fingerprint density at radius 3 is 2.55 bits per heavy atom. The number of carboxylic acids is 1. The average molecular weight is 450 g/mol. The summed E-state index contributed by atoms with van der Waals surface area (Å²) in [4.78, 5) is 33.0. The standard InChI is InChI=1S/C25H27N3O5/c1-4-17(25(30)31)12-16-7-10-22(33-3)18(13-16)14-28-24(29)23-20(6-5-11-26-23)21-9-8-19(32-2)15-27-21/h5-11,13,15,17H,4,12,14H2,1-3H3,(H,28,29)(H,30,31). The summed E-state index contributed by atoms with van der Waals surface area (Å²) in [6.45, 7) is 2.05. The summed E-state index contributed by atoms with van der Waals surface area (Å²) in [5, 5.41) is 12.2. The van der Waals surface area contributed by atoms with Crippen molar-refractivity contribution in [1.82, 2.24) is 15.3 Å². The van der Waals surface area contributed by atoms with E-state index in [4.69, 9.17) is 9.47 Å². The lowest BCUT2D eigenvalue weighted by molar-refractivity contribution is -0.141. The highest BCUT2D eigenvalue weighted by molar-refractivity contribution is 5.98. The third-order valence-electron chi connectivity index (χ3n) is 5.38. The minimum absolute atomic E-state index is 0.200. The maximum absolute atomic E-state index is 13.0. The average Bonchev–Trinajstić information content (AvgIpc) is 2.85. The van der Waals surface area contributed by atoms with Crippen LogP contribution in [0.1, 0.15) is 35.0 Å². The van der Waals surface area contributed by atoms with E-state index in [1.807, 2.05) is 19.1 Å². The molecule has 33 heavy (non-hydrogen) atoms. The summed E-state index contributed by atoms with van der Waals surface area (Å²) >= 11 is 0. The predicted molar refractivity (Wildman–Crippen MR) is 123 cm³/mol. The van der Waals surface area contributed by atoms with Gasteiger partial charge in [0.15, 0.2) is 0 Å². The van der Waals surface area contributed by atoms with Gasteiger partial charge < -0.3 is 19.9 Å². The first-order chi connectivity index (χ1) is 16.0. The topological polar surface area (TPSA) is 111 Å². The number of ether oxygens (including phenoxy) is 2. The van der Waals surface area contributed by atoms with E-state index in [0.29, 0.717) is 35.6 Å². The number of pyridine rings is 2. The molecule has 1 atom stereocenters. The molecule has 2 heterocycles. The van der Waals surface area contributed by atoms with Crippen molar-refractivity contribution in [1.29, 1.82) is 0 Å². The van der Waals surface area contributed by atoms with Crippen LogP contribution in [0.4, 0.5) is 0 Å². The Morgan fingerprint density at radius 2 is 1.91 bits per heavy atom. The van der Waals surface area contributed by atoms with Crippen molar-refractivity contribution in [3.8, 4) is 22.8 Å². The zero-order chi connectivity index (χ0) is 23.8. The Labute approximate surface area is 192 Å². The van der Waals surface area contributed by atoms with Crippen molar-refractivity contribution in [2.75, 3.05) is 14.2 Å². The molecule has 2 aromatic heterocycles. The van der Waals surface area contributed by atoms with Crippen LogP contribution in [0.2, 0.25) is 0 Å². The second-order valence-electron chi connectivity index (χ2n) is 7.46. The van der Waals surface area contributed by atoms with Crippen LogP contribution in [0.25, 0.3) is 11.3 Å². The van der Waals surface area contributed by atoms with E-state index in [-0.39, 0.29) is 18.1 Å². The number of nitrogens with one attached hydrogen (secondary N) is 1. The lowest BCUT2D eigenvalue weighted by Gasteiger charge is -2.15. The molecule has 0 aliphatic carbocycles. The van der Waals surface area contributed by atoms with Crippen LogP contribution < -0.4 is 14.8 Å². The molecule has 2 N–H and O–H groups in total. The number of nitrogens with zero attached hydrogens (tertiary/aromatic N) is 2. The van der Waals surface area contributed by atoms with Gasteiger partial charge >= 0.3 is 5.97 Å². The minimum Gasteiger partial charge on any atom is -0.496 e. The largest absolute Gasteiger partial charge is 0.496 e. The highest BCUT2D eigenvalue weighted by atomic mass is 16.5. The second kappa shape index (κ2) is 11.1. The Hall–Kier alpha value is -3.94. The van der Waals surface area contributed by atoms with Crippen molar-refractivity contribution in [3.63, 3.8) is 0 Å². The molecule has 0 saturated heterocycles. The fourth-order valence-corrected chi connectivity index (χ4v) is 3.50. The lowest BCUT2D eigenvalue weighted by Crippen LogP contribution is -2.25. The van der Waals surface area contributed by atoms with E-state index in [2.05, 4.69) is 15.3 Å². The molecule has 3 aromatic rings. The molecule has 1 amide bonds. The molecule has 172 valence electrons. The molecule has 0 bridgehead atoms. The molecule has 3 rings (SSSR count). The van der Waals surface area contributed by atoms with Crippen molar-refractivity contribution < 1.29 is 24.2 Å². The van der Waals surface area contributed by atoms with E-state index in [1.165, 1.54) is 0 Å². The first-order valence-electron chi connectivity index (χ1n) is 10.6. The summed E-state index contributed by atoms with van der Waals surface area (Å²) in [6, 6.07) is 12.6. The monoisotopic (exact) mass is 449 g/mol. The van der Waals surface area contributed by atoms with Gasteiger partial charge in [0.05, 0.1) is 32.0 Å². The number of carbonyl (C=O) groups excluding carboxylic acids is 1. The molecule has 0 saturated carbocycles. The van der Waals surface area contributed by atoms with Crippen LogP contribution in [0.3, 0.4) is 0 Å². The van der Waals surface area contributed by atoms with Gasteiger partial charge in [-0.2, -0.15) is 0 Å². The molecule has 8 nitrogen and oxygen atoms in total. The van der Waals surface area contributed by atoms with Crippen molar-refractivity contribution in [2.45, 2.75) is 26.3 Å². The van der Waals surface area contributed by atoms with Gasteiger partial charge in [-0.25, -0.2) is 0 Å². The number of aliphatic carboxylic acids is 1. The number of carboxylic acid groups (broad SMARTS) is 1. The minimum atomic E-state index is -0.821. The summed E-state index contributed by atoms with van der Waals surface area (Å²) in [5.74, 6) is -0.408. The van der Waals surface area contributed by atoms with E-state index < -0.39 is 11.9 Å². The quantitative estimate of drug-likeness (QED) is 0.485. The summed E-state index contributed by atoms with van der Waals surface area (Å²) < 4.78 is 10.6. The third kappa shape index (κ3) is 5.85. The number of rotatable bonds is 10. The first-order valence-corrected chi connectivity index (χ1v) is 10.6. The van der Waals surface area contributed by atoms with Crippen LogP contribution >= 0.6 is 0 Å². The Kier molecular flexibility index (Phi) is 7.96. The number of benzene rings is 1. The van der Waals surface area contributed by atoms with Gasteiger partial charge in [-0.1, -0.05) is 19.1 Å². The fraction of sp³-hybridized carbons (Fsp3) is 0.280. The van der Waals surface area contributed by atoms with Crippen molar-refractivity contribution in [2.24, 2.45) is 5.92 Å². The third-order valence-corrected chi connectivity index (χ3v) is 5.38. The first kappa shape index (κ1) is 23.7. The molecular weight excluding hydrogens is 422 g/mol. The number of carbonyl (C=O) groups is 2. The highest BCUT2D eigenvalue weighted by Crippen LogP contribution is 2.24. The van der Waals surface area contributed by atoms with Gasteiger partial charge in [0.1, 0.15) is 17.2 Å². The number of amides is 1. The fourth-order valence-electron chi connectivity index (χ4n) is 3.50. The van der Waals surface area contributed by atoms with Gasteiger partial charge in [-0.05, 0) is 48.7 Å². The van der Waals surface area contributed by atoms with Gasteiger partial charge in [-0.15, -0.1) is 0 Å². The van der Waals surface area contributed by atoms with Crippen molar-refractivity contribution >= 4 is 11.9 Å². The molecule has 0 aliphatic heterocycles. The number of aromatic nitrogens is 2. The van der Waals surface area contributed by atoms with E-state index in [0.717, 1.165) is 11.1 Å². The summed E-state index contributed by atoms with van der Waals surface area (Å²) in [7, 11) is 3.12. The summed E-state index contributed by atoms with van der Waals surface area (Å²) in [5.41, 5.74) is 3.08. The van der Waals surface area contributed by atoms with Crippen LogP contribution in [0.5, 0.6) is 11.5 Å². The second-order valence-corrected chi connectivity index (χ2v) is 7.46. The molecule has 1 aromatic carbocycles. The highest BCUT2D eigenvalue weighted by Gasteiger charge is 2.18. The zero-order valence-corrected chi connectivity index (χ0v) is 18.9. The van der Waals surface area contributed by atoms with Gasteiger partial charge in [0.25, 0.3) is 5.91 Å². The SMILES string of the molecule is CCC(Cc1ccc(OC)c(CNC(=O)c2ncccc2-c2ccc(OC)cn2)c1)C(=O)O.